The molecule has 130 valence electrons. The minimum Gasteiger partial charge on any atom is -0.323 e. The van der Waals surface area contributed by atoms with Gasteiger partial charge in [-0.25, -0.2) is 0 Å². The highest BCUT2D eigenvalue weighted by Crippen LogP contribution is 2.15. The fourth-order valence-corrected chi connectivity index (χ4v) is 3.25. The zero-order chi connectivity index (χ0) is 15.9. The second kappa shape index (κ2) is 9.80. The van der Waals surface area contributed by atoms with Crippen LogP contribution in [0.2, 0.25) is 0 Å². The van der Waals surface area contributed by atoms with E-state index in [-0.39, 0.29) is 18.4 Å². The predicted molar refractivity (Wildman–Crippen MR) is 103 cm³/mol. The van der Waals surface area contributed by atoms with E-state index in [1.165, 1.54) is 24.0 Å². The molecule has 3 nitrogen and oxygen atoms in total. The molecule has 1 atom stereocenters. The highest BCUT2D eigenvalue weighted by atomic mass is 35.5. The molecule has 3 N–H and O–H groups in total. The molecule has 0 saturated carbocycles. The first-order chi connectivity index (χ1) is 11.3. The van der Waals surface area contributed by atoms with Crippen molar-refractivity contribution >= 4 is 12.4 Å². The van der Waals surface area contributed by atoms with Crippen molar-refractivity contribution in [2.45, 2.75) is 31.5 Å². The molecular weight excluding hydrogens is 318 g/mol. The molecule has 1 fully saturated rings. The molecule has 2 aromatic rings. The second-order valence-electron chi connectivity index (χ2n) is 6.46. The first-order valence-corrected chi connectivity index (χ1v) is 8.61. The maximum Gasteiger partial charge on any atom is 0.0421 e. The fraction of sp³-hybridized carbons (Fsp3) is 0.400. The number of likely N-dealkylation sites (tertiary alicyclic amines) is 1. The van der Waals surface area contributed by atoms with Crippen LogP contribution in [0.15, 0.2) is 60.7 Å². The van der Waals surface area contributed by atoms with Gasteiger partial charge in [0.1, 0.15) is 0 Å². The molecule has 1 unspecified atom stereocenters. The van der Waals surface area contributed by atoms with Crippen molar-refractivity contribution in [2.24, 2.45) is 5.73 Å². The highest BCUT2D eigenvalue weighted by molar-refractivity contribution is 5.85. The summed E-state index contributed by atoms with van der Waals surface area (Å²) in [6, 6.07) is 21.8. The molecular formula is C20H28ClN3. The number of rotatable bonds is 6. The lowest BCUT2D eigenvalue weighted by atomic mass is 10.0. The number of piperidine rings is 1. The lowest BCUT2D eigenvalue weighted by molar-refractivity contribution is 0.190. The van der Waals surface area contributed by atoms with Crippen molar-refractivity contribution in [1.29, 1.82) is 0 Å². The summed E-state index contributed by atoms with van der Waals surface area (Å²) in [5.41, 5.74) is 8.89. The van der Waals surface area contributed by atoms with Crippen LogP contribution in [-0.2, 0) is 6.54 Å². The van der Waals surface area contributed by atoms with Crippen LogP contribution in [0.25, 0.3) is 0 Å². The summed E-state index contributed by atoms with van der Waals surface area (Å²) >= 11 is 0. The molecule has 4 heteroatoms. The summed E-state index contributed by atoms with van der Waals surface area (Å²) in [6.45, 7) is 4.24. The van der Waals surface area contributed by atoms with Gasteiger partial charge in [0.2, 0.25) is 0 Å². The van der Waals surface area contributed by atoms with E-state index < -0.39 is 0 Å². The van der Waals surface area contributed by atoms with E-state index in [2.05, 4.69) is 64.8 Å². The van der Waals surface area contributed by atoms with Crippen LogP contribution >= 0.6 is 12.4 Å². The lowest BCUT2D eigenvalue weighted by Crippen LogP contribution is -2.44. The summed E-state index contributed by atoms with van der Waals surface area (Å²) < 4.78 is 0. The number of hydrogen-bond donors (Lipinski definition) is 2. The van der Waals surface area contributed by atoms with Gasteiger partial charge >= 0.3 is 0 Å². The van der Waals surface area contributed by atoms with E-state index in [0.29, 0.717) is 6.04 Å². The lowest BCUT2D eigenvalue weighted by Gasteiger charge is -2.33. The Kier molecular flexibility index (Phi) is 7.73. The van der Waals surface area contributed by atoms with Crippen LogP contribution in [0.4, 0.5) is 0 Å². The summed E-state index contributed by atoms with van der Waals surface area (Å²) in [6.07, 6.45) is 2.41. The molecule has 2 aromatic carbocycles. The van der Waals surface area contributed by atoms with Crippen molar-refractivity contribution in [3.63, 3.8) is 0 Å². The predicted octanol–water partition coefficient (Wildman–Crippen LogP) is 3.36. The first kappa shape index (κ1) is 18.9. The molecule has 0 aliphatic carbocycles. The fourth-order valence-electron chi connectivity index (χ4n) is 3.25. The molecule has 1 aliphatic rings. The quantitative estimate of drug-likeness (QED) is 0.843. The van der Waals surface area contributed by atoms with Crippen molar-refractivity contribution in [1.82, 2.24) is 10.2 Å². The molecule has 3 rings (SSSR count). The maximum absolute atomic E-state index is 6.27. The first-order valence-electron chi connectivity index (χ1n) is 8.61. The molecule has 0 amide bonds. The van der Waals surface area contributed by atoms with Gasteiger partial charge in [-0.05, 0) is 37.1 Å². The van der Waals surface area contributed by atoms with Crippen LogP contribution in [0.1, 0.15) is 30.0 Å². The maximum atomic E-state index is 6.27. The third-order valence-corrected chi connectivity index (χ3v) is 4.69. The third-order valence-electron chi connectivity index (χ3n) is 4.69. The summed E-state index contributed by atoms with van der Waals surface area (Å²) in [7, 11) is 0. The highest BCUT2D eigenvalue weighted by Gasteiger charge is 2.19. The van der Waals surface area contributed by atoms with Crippen molar-refractivity contribution in [3.05, 3.63) is 71.8 Å². The SMILES string of the molecule is Cl.NC(CNC1CCN(Cc2ccccc2)CC1)c1ccccc1. The zero-order valence-corrected chi connectivity index (χ0v) is 14.9. The van der Waals surface area contributed by atoms with Gasteiger partial charge in [0.15, 0.2) is 0 Å². The van der Waals surface area contributed by atoms with Gasteiger partial charge in [0.25, 0.3) is 0 Å². The zero-order valence-electron chi connectivity index (χ0n) is 14.1. The minimum atomic E-state index is 0. The van der Waals surface area contributed by atoms with Gasteiger partial charge in [-0.1, -0.05) is 60.7 Å². The largest absolute Gasteiger partial charge is 0.323 e. The number of nitrogens with one attached hydrogen (secondary N) is 1. The van der Waals surface area contributed by atoms with E-state index in [1.54, 1.807) is 0 Å². The summed E-state index contributed by atoms with van der Waals surface area (Å²) in [5.74, 6) is 0. The van der Waals surface area contributed by atoms with Crippen LogP contribution in [0.5, 0.6) is 0 Å². The number of benzene rings is 2. The molecule has 24 heavy (non-hydrogen) atoms. The topological polar surface area (TPSA) is 41.3 Å². The Bertz CT molecular complexity index is 568. The van der Waals surface area contributed by atoms with Crippen LogP contribution in [0, 0.1) is 0 Å². The van der Waals surface area contributed by atoms with Crippen LogP contribution in [-0.4, -0.2) is 30.6 Å². The minimum absolute atomic E-state index is 0. The van der Waals surface area contributed by atoms with Crippen molar-refractivity contribution in [2.75, 3.05) is 19.6 Å². The molecule has 1 heterocycles. The average Bonchev–Trinajstić information content (AvgIpc) is 2.62. The average molecular weight is 346 g/mol. The Balaban J connectivity index is 0.00000208. The normalized spacial score (nSPS) is 17.2. The molecule has 0 spiro atoms. The van der Waals surface area contributed by atoms with Gasteiger partial charge in [-0.2, -0.15) is 0 Å². The van der Waals surface area contributed by atoms with Gasteiger partial charge in [0, 0.05) is 25.2 Å². The van der Waals surface area contributed by atoms with E-state index in [0.717, 1.165) is 26.2 Å². The Labute approximate surface area is 151 Å². The van der Waals surface area contributed by atoms with Gasteiger partial charge in [-0.15, -0.1) is 12.4 Å². The summed E-state index contributed by atoms with van der Waals surface area (Å²) in [5, 5.41) is 3.65. The Morgan fingerprint density at radius 3 is 2.17 bits per heavy atom. The molecule has 0 radical (unpaired) electrons. The van der Waals surface area contributed by atoms with E-state index in [4.69, 9.17) is 5.73 Å². The second-order valence-corrected chi connectivity index (χ2v) is 6.46. The Morgan fingerprint density at radius 2 is 1.54 bits per heavy atom. The molecule has 1 aliphatic heterocycles. The van der Waals surface area contributed by atoms with E-state index in [9.17, 15) is 0 Å². The number of nitrogens with zero attached hydrogens (tertiary/aromatic N) is 1. The Morgan fingerprint density at radius 1 is 0.958 bits per heavy atom. The number of hydrogen-bond acceptors (Lipinski definition) is 3. The molecule has 0 aromatic heterocycles. The van der Waals surface area contributed by atoms with Crippen LogP contribution in [0.3, 0.4) is 0 Å². The third kappa shape index (κ3) is 5.60. The van der Waals surface area contributed by atoms with Crippen molar-refractivity contribution in [3.8, 4) is 0 Å². The van der Waals surface area contributed by atoms with Gasteiger partial charge in [-0.3, -0.25) is 4.90 Å². The van der Waals surface area contributed by atoms with Crippen LogP contribution < -0.4 is 11.1 Å². The Hall–Kier alpha value is -1.39. The molecule has 1 saturated heterocycles. The monoisotopic (exact) mass is 345 g/mol. The smallest absolute Gasteiger partial charge is 0.0421 e. The van der Waals surface area contributed by atoms with Gasteiger partial charge < -0.3 is 11.1 Å². The number of nitrogens with two attached hydrogens (primary N) is 1. The standard InChI is InChI=1S/C20H27N3.ClH/c21-20(18-9-5-2-6-10-18)15-22-19-11-13-23(14-12-19)16-17-7-3-1-4-8-17;/h1-10,19-20,22H,11-16,21H2;1H. The summed E-state index contributed by atoms with van der Waals surface area (Å²) in [4.78, 5) is 2.55. The number of halogens is 1. The van der Waals surface area contributed by atoms with E-state index >= 15 is 0 Å². The van der Waals surface area contributed by atoms with Crippen molar-refractivity contribution < 1.29 is 0 Å². The molecule has 0 bridgehead atoms. The van der Waals surface area contributed by atoms with Gasteiger partial charge in [0.05, 0.1) is 0 Å². The van der Waals surface area contributed by atoms with E-state index in [1.807, 2.05) is 6.07 Å².